The molecule has 0 amide bonds. The summed E-state index contributed by atoms with van der Waals surface area (Å²) in [6.45, 7) is 4.06. The lowest BCUT2D eigenvalue weighted by Crippen LogP contribution is -2.17. The number of anilines is 1. The summed E-state index contributed by atoms with van der Waals surface area (Å²) in [6.07, 6.45) is 6.62. The molecule has 1 unspecified atom stereocenters. The van der Waals surface area contributed by atoms with Gasteiger partial charge < -0.3 is 10.4 Å². The molecule has 0 spiro atoms. The van der Waals surface area contributed by atoms with Crippen molar-refractivity contribution >= 4 is 11.7 Å². The molecule has 0 aliphatic heterocycles. The summed E-state index contributed by atoms with van der Waals surface area (Å²) < 4.78 is 26.9. The molecule has 0 fully saturated rings. The second kappa shape index (κ2) is 8.60. The van der Waals surface area contributed by atoms with Crippen molar-refractivity contribution in [3.63, 3.8) is 0 Å². The number of carboxylic acid groups (broad SMARTS) is 1. The van der Waals surface area contributed by atoms with Crippen LogP contribution in [0.3, 0.4) is 0 Å². The number of aromatic carboxylic acids is 1. The molecular formula is C16H23F2NO2. The van der Waals surface area contributed by atoms with Crippen LogP contribution in [0.1, 0.15) is 62.7 Å². The Balaban J connectivity index is 2.57. The molecule has 0 bridgehead atoms. The minimum Gasteiger partial charge on any atom is -0.478 e. The molecule has 0 saturated carbocycles. The Kier molecular flexibility index (Phi) is 7.12. The van der Waals surface area contributed by atoms with Crippen LogP contribution in [0.15, 0.2) is 12.1 Å². The molecular weight excluding hydrogens is 276 g/mol. The average Bonchev–Trinajstić information content (AvgIpc) is 2.41. The van der Waals surface area contributed by atoms with Gasteiger partial charge in [0, 0.05) is 12.1 Å². The molecule has 1 rings (SSSR count). The third-order valence-electron chi connectivity index (χ3n) is 3.43. The van der Waals surface area contributed by atoms with E-state index < -0.39 is 23.2 Å². The minimum atomic E-state index is -1.40. The van der Waals surface area contributed by atoms with Gasteiger partial charge in [-0.2, -0.15) is 0 Å². The normalized spacial score (nSPS) is 12.2. The molecule has 1 atom stereocenters. The van der Waals surface area contributed by atoms with Gasteiger partial charge >= 0.3 is 5.97 Å². The standard InChI is InChI=1S/C16H23F2NO2/c1-3-4-5-6-7-8-11(2)19-15-9-12(16(20)21)13(17)10-14(15)18/h9-11,19H,3-8H2,1-2H3,(H,20,21). The van der Waals surface area contributed by atoms with E-state index in [4.69, 9.17) is 5.11 Å². The van der Waals surface area contributed by atoms with Gasteiger partial charge in [0.05, 0.1) is 11.3 Å². The van der Waals surface area contributed by atoms with Gasteiger partial charge in [0.25, 0.3) is 0 Å². The summed E-state index contributed by atoms with van der Waals surface area (Å²) in [5.41, 5.74) is -0.482. The maximum absolute atomic E-state index is 13.6. The summed E-state index contributed by atoms with van der Waals surface area (Å²) in [4.78, 5) is 10.9. The maximum Gasteiger partial charge on any atom is 0.338 e. The summed E-state index contributed by atoms with van der Waals surface area (Å²) in [5, 5.41) is 11.8. The van der Waals surface area contributed by atoms with E-state index in [9.17, 15) is 13.6 Å². The smallest absolute Gasteiger partial charge is 0.338 e. The third kappa shape index (κ3) is 5.69. The quantitative estimate of drug-likeness (QED) is 0.642. The van der Waals surface area contributed by atoms with Crippen molar-refractivity contribution in [2.45, 2.75) is 58.4 Å². The summed E-state index contributed by atoms with van der Waals surface area (Å²) in [5.74, 6) is -3.23. The van der Waals surface area contributed by atoms with E-state index in [2.05, 4.69) is 12.2 Å². The van der Waals surface area contributed by atoms with Crippen LogP contribution in [0.4, 0.5) is 14.5 Å². The number of carboxylic acids is 1. The van der Waals surface area contributed by atoms with Crippen molar-refractivity contribution in [2.75, 3.05) is 5.32 Å². The van der Waals surface area contributed by atoms with Crippen molar-refractivity contribution in [1.29, 1.82) is 0 Å². The molecule has 1 aromatic carbocycles. The van der Waals surface area contributed by atoms with Crippen LogP contribution in [-0.2, 0) is 0 Å². The monoisotopic (exact) mass is 299 g/mol. The van der Waals surface area contributed by atoms with E-state index in [0.29, 0.717) is 6.07 Å². The molecule has 0 heterocycles. The van der Waals surface area contributed by atoms with Crippen LogP contribution in [0, 0.1) is 11.6 Å². The van der Waals surface area contributed by atoms with Gasteiger partial charge in [-0.05, 0) is 19.4 Å². The number of unbranched alkanes of at least 4 members (excludes halogenated alkanes) is 4. The molecule has 21 heavy (non-hydrogen) atoms. The van der Waals surface area contributed by atoms with Gasteiger partial charge in [0.1, 0.15) is 11.6 Å². The first-order valence-electron chi connectivity index (χ1n) is 7.44. The van der Waals surface area contributed by atoms with Gasteiger partial charge in [0.15, 0.2) is 0 Å². The van der Waals surface area contributed by atoms with Crippen LogP contribution in [0.25, 0.3) is 0 Å². The van der Waals surface area contributed by atoms with Crippen LogP contribution >= 0.6 is 0 Å². The lowest BCUT2D eigenvalue weighted by molar-refractivity contribution is 0.0692. The van der Waals surface area contributed by atoms with E-state index in [0.717, 1.165) is 25.3 Å². The molecule has 0 aliphatic rings. The number of nitrogens with one attached hydrogen (secondary N) is 1. The summed E-state index contributed by atoms with van der Waals surface area (Å²) in [6, 6.07) is 1.63. The number of carbonyl (C=O) groups is 1. The first-order valence-corrected chi connectivity index (χ1v) is 7.44. The lowest BCUT2D eigenvalue weighted by Gasteiger charge is -2.16. The molecule has 0 saturated heterocycles. The van der Waals surface area contributed by atoms with E-state index >= 15 is 0 Å². The Morgan fingerprint density at radius 2 is 1.86 bits per heavy atom. The molecule has 0 aliphatic carbocycles. The molecule has 0 aromatic heterocycles. The molecule has 2 N–H and O–H groups in total. The first kappa shape index (κ1) is 17.4. The molecule has 0 radical (unpaired) electrons. The maximum atomic E-state index is 13.6. The predicted octanol–water partition coefficient (Wildman–Crippen LogP) is 4.82. The van der Waals surface area contributed by atoms with Gasteiger partial charge in [0.2, 0.25) is 0 Å². The molecule has 118 valence electrons. The van der Waals surface area contributed by atoms with Crippen LogP contribution in [-0.4, -0.2) is 17.1 Å². The van der Waals surface area contributed by atoms with E-state index in [1.54, 1.807) is 0 Å². The molecule has 1 aromatic rings. The third-order valence-corrected chi connectivity index (χ3v) is 3.43. The second-order valence-corrected chi connectivity index (χ2v) is 5.37. The Hall–Kier alpha value is -1.65. The van der Waals surface area contributed by atoms with Crippen molar-refractivity contribution in [1.82, 2.24) is 0 Å². The number of benzene rings is 1. The Bertz CT molecular complexity index is 478. The summed E-state index contributed by atoms with van der Waals surface area (Å²) >= 11 is 0. The van der Waals surface area contributed by atoms with Crippen LogP contribution in [0.5, 0.6) is 0 Å². The highest BCUT2D eigenvalue weighted by molar-refractivity contribution is 5.89. The number of hydrogen-bond acceptors (Lipinski definition) is 2. The fraction of sp³-hybridized carbons (Fsp3) is 0.562. The summed E-state index contributed by atoms with van der Waals surface area (Å²) in [7, 11) is 0. The number of rotatable bonds is 9. The lowest BCUT2D eigenvalue weighted by atomic mass is 10.1. The van der Waals surface area contributed by atoms with Crippen molar-refractivity contribution in [3.8, 4) is 0 Å². The van der Waals surface area contributed by atoms with Gasteiger partial charge in [-0.15, -0.1) is 0 Å². The average molecular weight is 299 g/mol. The molecule has 5 heteroatoms. The van der Waals surface area contributed by atoms with Crippen molar-refractivity contribution in [3.05, 3.63) is 29.3 Å². The molecule has 3 nitrogen and oxygen atoms in total. The van der Waals surface area contributed by atoms with Crippen molar-refractivity contribution in [2.24, 2.45) is 0 Å². The number of hydrogen-bond donors (Lipinski definition) is 2. The highest BCUT2D eigenvalue weighted by Crippen LogP contribution is 2.21. The van der Waals surface area contributed by atoms with E-state index in [1.165, 1.54) is 19.3 Å². The first-order chi connectivity index (χ1) is 9.95. The fourth-order valence-corrected chi connectivity index (χ4v) is 2.22. The highest BCUT2D eigenvalue weighted by Gasteiger charge is 2.16. The minimum absolute atomic E-state index is 0.00762. The predicted molar refractivity (Wildman–Crippen MR) is 79.8 cm³/mol. The largest absolute Gasteiger partial charge is 0.478 e. The zero-order valence-corrected chi connectivity index (χ0v) is 12.6. The Labute approximate surface area is 124 Å². The van der Waals surface area contributed by atoms with Crippen LogP contribution in [0.2, 0.25) is 0 Å². The van der Waals surface area contributed by atoms with Gasteiger partial charge in [-0.25, -0.2) is 13.6 Å². The van der Waals surface area contributed by atoms with Crippen LogP contribution < -0.4 is 5.32 Å². The second-order valence-electron chi connectivity index (χ2n) is 5.37. The highest BCUT2D eigenvalue weighted by atomic mass is 19.1. The Morgan fingerprint density at radius 3 is 2.48 bits per heavy atom. The van der Waals surface area contributed by atoms with E-state index in [1.807, 2.05) is 6.92 Å². The van der Waals surface area contributed by atoms with Crippen molar-refractivity contribution < 1.29 is 18.7 Å². The van der Waals surface area contributed by atoms with E-state index in [-0.39, 0.29) is 11.7 Å². The fourth-order valence-electron chi connectivity index (χ4n) is 2.22. The zero-order chi connectivity index (χ0) is 15.8. The van der Waals surface area contributed by atoms with Gasteiger partial charge in [-0.3, -0.25) is 0 Å². The topological polar surface area (TPSA) is 49.3 Å². The van der Waals surface area contributed by atoms with Gasteiger partial charge in [-0.1, -0.05) is 39.0 Å². The number of halogens is 2. The zero-order valence-electron chi connectivity index (χ0n) is 12.6. The Morgan fingerprint density at radius 1 is 1.19 bits per heavy atom. The SMILES string of the molecule is CCCCCCCC(C)Nc1cc(C(=O)O)c(F)cc1F.